The fourth-order valence-corrected chi connectivity index (χ4v) is 3.63. The van der Waals surface area contributed by atoms with Gasteiger partial charge in [-0.05, 0) is 42.3 Å². The number of nitrogens with one attached hydrogen (secondary N) is 2. The summed E-state index contributed by atoms with van der Waals surface area (Å²) in [5.74, 6) is 0.514. The summed E-state index contributed by atoms with van der Waals surface area (Å²) >= 11 is 12.1. The van der Waals surface area contributed by atoms with Crippen molar-refractivity contribution >= 4 is 35.4 Å². The molecule has 30 heavy (non-hydrogen) atoms. The molecule has 0 amide bonds. The standard InChI is InChI=1S/C22H20Cl2N4O2/c1-13(14-5-6-17(23)18(24)10-14)26-22-25-8-7-19(28-22)15-3-2-4-16(9-15)20-12-30-21(11-29)27-20/h2-11,13,20-21,27H,12H2,1H3,(H,25,26,28)/t13-,20?,21?/m0/s1. The molecule has 2 heterocycles. The lowest BCUT2D eigenvalue weighted by Crippen LogP contribution is -2.26. The van der Waals surface area contributed by atoms with Crippen LogP contribution in [-0.4, -0.2) is 29.1 Å². The zero-order valence-corrected chi connectivity index (χ0v) is 17.7. The highest BCUT2D eigenvalue weighted by Gasteiger charge is 2.25. The van der Waals surface area contributed by atoms with Crippen molar-refractivity contribution in [3.8, 4) is 11.3 Å². The van der Waals surface area contributed by atoms with Gasteiger partial charge in [-0.25, -0.2) is 9.97 Å². The first-order valence-corrected chi connectivity index (χ1v) is 10.3. The monoisotopic (exact) mass is 442 g/mol. The van der Waals surface area contributed by atoms with Gasteiger partial charge in [0.1, 0.15) is 0 Å². The number of hydrogen-bond acceptors (Lipinski definition) is 6. The molecule has 8 heteroatoms. The number of aromatic nitrogens is 2. The number of halogens is 2. The minimum atomic E-state index is -0.559. The summed E-state index contributed by atoms with van der Waals surface area (Å²) < 4.78 is 5.40. The number of benzene rings is 2. The first kappa shape index (κ1) is 20.8. The molecule has 2 N–H and O–H groups in total. The van der Waals surface area contributed by atoms with E-state index in [1.165, 1.54) is 0 Å². The van der Waals surface area contributed by atoms with E-state index < -0.39 is 6.23 Å². The molecule has 3 atom stereocenters. The molecule has 154 valence electrons. The molecule has 2 aromatic carbocycles. The topological polar surface area (TPSA) is 76.1 Å². The molecule has 0 saturated carbocycles. The molecule has 1 aromatic heterocycles. The van der Waals surface area contributed by atoms with E-state index in [1.54, 1.807) is 12.3 Å². The van der Waals surface area contributed by atoms with Crippen molar-refractivity contribution in [2.24, 2.45) is 0 Å². The number of carbonyl (C=O) groups excluding carboxylic acids is 1. The quantitative estimate of drug-likeness (QED) is 0.533. The molecule has 0 radical (unpaired) electrons. The van der Waals surface area contributed by atoms with Gasteiger partial charge in [0.15, 0.2) is 12.5 Å². The lowest BCUT2D eigenvalue weighted by Gasteiger charge is -2.16. The third-order valence-corrected chi connectivity index (χ3v) is 5.70. The summed E-state index contributed by atoms with van der Waals surface area (Å²) in [6.07, 6.45) is 1.93. The van der Waals surface area contributed by atoms with E-state index in [-0.39, 0.29) is 12.1 Å². The zero-order valence-electron chi connectivity index (χ0n) is 16.2. The van der Waals surface area contributed by atoms with Gasteiger partial charge < -0.3 is 10.1 Å². The molecule has 0 aliphatic carbocycles. The van der Waals surface area contributed by atoms with Crippen LogP contribution in [0.1, 0.15) is 30.1 Å². The number of carbonyl (C=O) groups is 1. The van der Waals surface area contributed by atoms with Crippen molar-refractivity contribution in [2.45, 2.75) is 25.2 Å². The van der Waals surface area contributed by atoms with E-state index in [0.29, 0.717) is 22.6 Å². The average Bonchev–Trinajstić information content (AvgIpc) is 3.25. The first-order chi connectivity index (χ1) is 14.5. The lowest BCUT2D eigenvalue weighted by atomic mass is 10.0. The Hall–Kier alpha value is -2.51. The molecule has 1 aliphatic rings. The Labute approximate surface area is 184 Å². The van der Waals surface area contributed by atoms with Gasteiger partial charge in [0.05, 0.1) is 34.4 Å². The highest BCUT2D eigenvalue weighted by atomic mass is 35.5. The number of nitrogens with zero attached hydrogens (tertiary/aromatic N) is 2. The van der Waals surface area contributed by atoms with Crippen LogP contribution in [0.2, 0.25) is 10.0 Å². The third-order valence-electron chi connectivity index (χ3n) is 4.96. The van der Waals surface area contributed by atoms with E-state index in [2.05, 4.69) is 20.6 Å². The maximum absolute atomic E-state index is 10.9. The van der Waals surface area contributed by atoms with Gasteiger partial charge in [0, 0.05) is 11.8 Å². The maximum Gasteiger partial charge on any atom is 0.223 e. The number of aldehydes is 1. The van der Waals surface area contributed by atoms with Crippen LogP contribution in [0.15, 0.2) is 54.7 Å². The van der Waals surface area contributed by atoms with E-state index in [0.717, 1.165) is 28.7 Å². The molecule has 0 spiro atoms. The Kier molecular flexibility index (Phi) is 6.29. The normalized spacial score (nSPS) is 19.4. The Morgan fingerprint density at radius 3 is 2.83 bits per heavy atom. The average molecular weight is 443 g/mol. The molecular weight excluding hydrogens is 423 g/mol. The van der Waals surface area contributed by atoms with Gasteiger partial charge in [-0.1, -0.05) is 47.5 Å². The maximum atomic E-state index is 10.9. The zero-order chi connectivity index (χ0) is 21.1. The summed E-state index contributed by atoms with van der Waals surface area (Å²) in [7, 11) is 0. The Balaban J connectivity index is 1.52. The Bertz CT molecular complexity index is 1060. The van der Waals surface area contributed by atoms with Gasteiger partial charge in [-0.2, -0.15) is 0 Å². The smallest absolute Gasteiger partial charge is 0.223 e. The second-order valence-corrected chi connectivity index (χ2v) is 7.85. The molecule has 0 bridgehead atoms. The van der Waals surface area contributed by atoms with Crippen molar-refractivity contribution in [1.29, 1.82) is 0 Å². The summed E-state index contributed by atoms with van der Waals surface area (Å²) in [4.78, 5) is 19.9. The van der Waals surface area contributed by atoms with Gasteiger partial charge in [-0.3, -0.25) is 10.1 Å². The summed E-state index contributed by atoms with van der Waals surface area (Å²) in [6.45, 7) is 2.45. The molecule has 3 aromatic rings. The Morgan fingerprint density at radius 1 is 1.20 bits per heavy atom. The summed E-state index contributed by atoms with van der Waals surface area (Å²) in [5.41, 5.74) is 3.77. The number of hydrogen-bond donors (Lipinski definition) is 2. The second kappa shape index (κ2) is 9.10. The SMILES string of the molecule is C[C@H](Nc1nccc(-c2cccc(C3COC(C=O)N3)c2)n1)c1ccc(Cl)c(Cl)c1. The van der Waals surface area contributed by atoms with Crippen LogP contribution < -0.4 is 10.6 Å². The van der Waals surface area contributed by atoms with Gasteiger partial charge in [-0.15, -0.1) is 0 Å². The van der Waals surface area contributed by atoms with Crippen LogP contribution >= 0.6 is 23.2 Å². The van der Waals surface area contributed by atoms with Crippen LogP contribution in [0, 0.1) is 0 Å². The Morgan fingerprint density at radius 2 is 2.07 bits per heavy atom. The van der Waals surface area contributed by atoms with Crippen molar-refractivity contribution < 1.29 is 9.53 Å². The van der Waals surface area contributed by atoms with E-state index >= 15 is 0 Å². The fourth-order valence-electron chi connectivity index (χ4n) is 3.33. The molecule has 4 rings (SSSR count). The number of ether oxygens (including phenoxy) is 1. The van der Waals surface area contributed by atoms with Gasteiger partial charge in [0.25, 0.3) is 0 Å². The van der Waals surface area contributed by atoms with Crippen molar-refractivity contribution in [1.82, 2.24) is 15.3 Å². The lowest BCUT2D eigenvalue weighted by molar-refractivity contribution is -0.116. The van der Waals surface area contributed by atoms with Crippen LogP contribution in [-0.2, 0) is 9.53 Å². The molecule has 6 nitrogen and oxygen atoms in total. The largest absolute Gasteiger partial charge is 0.354 e. The van der Waals surface area contributed by atoms with Gasteiger partial charge in [0.2, 0.25) is 5.95 Å². The minimum Gasteiger partial charge on any atom is -0.354 e. The summed E-state index contributed by atoms with van der Waals surface area (Å²) in [5, 5.41) is 7.48. The minimum absolute atomic E-state index is 0.0331. The fraction of sp³-hybridized carbons (Fsp3) is 0.227. The van der Waals surface area contributed by atoms with E-state index in [4.69, 9.17) is 27.9 Å². The first-order valence-electron chi connectivity index (χ1n) is 9.51. The molecule has 1 aliphatic heterocycles. The third kappa shape index (κ3) is 4.63. The van der Waals surface area contributed by atoms with Crippen LogP contribution in [0.5, 0.6) is 0 Å². The van der Waals surface area contributed by atoms with Crippen molar-refractivity contribution in [3.63, 3.8) is 0 Å². The number of anilines is 1. The highest BCUT2D eigenvalue weighted by Crippen LogP contribution is 2.28. The van der Waals surface area contributed by atoms with Gasteiger partial charge >= 0.3 is 0 Å². The highest BCUT2D eigenvalue weighted by molar-refractivity contribution is 6.42. The van der Waals surface area contributed by atoms with Crippen molar-refractivity contribution in [2.75, 3.05) is 11.9 Å². The number of rotatable bonds is 6. The van der Waals surface area contributed by atoms with Crippen molar-refractivity contribution in [3.05, 3.63) is 75.9 Å². The van der Waals surface area contributed by atoms with Crippen LogP contribution in [0.3, 0.4) is 0 Å². The molecular formula is C22H20Cl2N4O2. The molecule has 2 unspecified atom stereocenters. The molecule has 1 fully saturated rings. The molecule has 1 saturated heterocycles. The predicted molar refractivity (Wildman–Crippen MR) is 118 cm³/mol. The van der Waals surface area contributed by atoms with E-state index in [1.807, 2.05) is 49.4 Å². The van der Waals surface area contributed by atoms with Crippen LogP contribution in [0.25, 0.3) is 11.3 Å². The second-order valence-electron chi connectivity index (χ2n) is 7.04. The van der Waals surface area contributed by atoms with E-state index in [9.17, 15) is 4.79 Å². The summed E-state index contributed by atoms with van der Waals surface area (Å²) in [6, 6.07) is 15.3. The van der Waals surface area contributed by atoms with Crippen LogP contribution in [0.4, 0.5) is 5.95 Å². The predicted octanol–water partition coefficient (Wildman–Crippen LogP) is 4.81.